The fourth-order valence-electron chi connectivity index (χ4n) is 4.12. The minimum atomic E-state index is -0.399. The van der Waals surface area contributed by atoms with Crippen LogP contribution in [0.3, 0.4) is 0 Å². The van der Waals surface area contributed by atoms with Gasteiger partial charge in [0.15, 0.2) is 5.78 Å². The monoisotopic (exact) mass is 457 g/mol. The van der Waals surface area contributed by atoms with Gasteiger partial charge in [0, 0.05) is 37.5 Å². The van der Waals surface area contributed by atoms with Crippen LogP contribution in [0.15, 0.2) is 83.6 Å². The van der Waals surface area contributed by atoms with E-state index in [1.54, 1.807) is 12.4 Å². The predicted octanol–water partition coefficient (Wildman–Crippen LogP) is 3.08. The molecule has 0 radical (unpaired) electrons. The van der Waals surface area contributed by atoms with Crippen molar-refractivity contribution in [2.75, 3.05) is 19.6 Å². The van der Waals surface area contributed by atoms with Crippen molar-refractivity contribution in [1.29, 1.82) is 0 Å². The third kappa shape index (κ3) is 5.77. The van der Waals surface area contributed by atoms with Crippen LogP contribution >= 0.6 is 0 Å². The highest BCUT2D eigenvalue weighted by atomic mass is 16.1. The van der Waals surface area contributed by atoms with Gasteiger partial charge in [-0.25, -0.2) is 4.99 Å². The van der Waals surface area contributed by atoms with Crippen LogP contribution in [0, 0.1) is 6.92 Å². The van der Waals surface area contributed by atoms with E-state index in [4.69, 9.17) is 5.73 Å². The zero-order valence-electron chi connectivity index (χ0n) is 19.5. The fourth-order valence-corrected chi connectivity index (χ4v) is 4.12. The topological polar surface area (TPSA) is 101 Å². The molecule has 8 heteroatoms. The second-order valence-electron chi connectivity index (χ2n) is 8.39. The van der Waals surface area contributed by atoms with Crippen molar-refractivity contribution in [3.05, 3.63) is 89.7 Å². The van der Waals surface area contributed by atoms with Gasteiger partial charge in [-0.1, -0.05) is 47.6 Å². The Morgan fingerprint density at radius 2 is 2.12 bits per heavy atom. The van der Waals surface area contributed by atoms with Crippen molar-refractivity contribution in [2.45, 2.75) is 32.2 Å². The predicted molar refractivity (Wildman–Crippen MR) is 135 cm³/mol. The van der Waals surface area contributed by atoms with Crippen molar-refractivity contribution in [3.8, 4) is 5.69 Å². The number of hydrogen-bond donors (Lipinski definition) is 2. The van der Waals surface area contributed by atoms with Crippen LogP contribution in [0.4, 0.5) is 0 Å². The van der Waals surface area contributed by atoms with Crippen LogP contribution < -0.4 is 11.1 Å². The standard InChI is InChI=1S/C26H31N7O/c1-20-9-10-24(33-30-14-15-31-33)22(17-20)26(34)23-19-32(16-6-12-28-23)25(18-27)29-13-11-21-7-4-2-3-5-8-21/h2-5,7,9-10,13-15,17-18,23,28H,6,8,11-12,16,19,27H2,1H3/b25-18+,29-13+. The van der Waals surface area contributed by atoms with Crippen LogP contribution in [-0.2, 0) is 0 Å². The number of nitrogens with zero attached hydrogens (tertiary/aromatic N) is 5. The van der Waals surface area contributed by atoms with Gasteiger partial charge in [-0.2, -0.15) is 15.0 Å². The molecule has 3 N–H and O–H groups in total. The summed E-state index contributed by atoms with van der Waals surface area (Å²) in [5.74, 6) is 0.686. The molecule has 0 saturated carbocycles. The lowest BCUT2D eigenvalue weighted by Crippen LogP contribution is -2.43. The Bertz CT molecular complexity index is 1140. The number of rotatable bonds is 7. The number of nitrogens with two attached hydrogens (primary N) is 1. The highest BCUT2D eigenvalue weighted by molar-refractivity contribution is 6.03. The van der Waals surface area contributed by atoms with Gasteiger partial charge in [0.1, 0.15) is 5.82 Å². The zero-order valence-corrected chi connectivity index (χ0v) is 19.5. The summed E-state index contributed by atoms with van der Waals surface area (Å²) in [5.41, 5.74) is 9.52. The molecule has 1 fully saturated rings. The van der Waals surface area contributed by atoms with Gasteiger partial charge in [-0.3, -0.25) is 4.79 Å². The van der Waals surface area contributed by atoms with Gasteiger partial charge >= 0.3 is 0 Å². The molecule has 176 valence electrons. The molecule has 1 aliphatic carbocycles. The fraction of sp³-hybridized carbons (Fsp3) is 0.308. The Balaban J connectivity index is 1.50. The third-order valence-corrected chi connectivity index (χ3v) is 5.89. The first-order valence-electron chi connectivity index (χ1n) is 11.6. The largest absolute Gasteiger partial charge is 0.402 e. The van der Waals surface area contributed by atoms with E-state index in [0.717, 1.165) is 37.9 Å². The second-order valence-corrected chi connectivity index (χ2v) is 8.39. The highest BCUT2D eigenvalue weighted by Crippen LogP contribution is 2.20. The van der Waals surface area contributed by atoms with Crippen molar-refractivity contribution >= 4 is 12.0 Å². The van der Waals surface area contributed by atoms with Crippen LogP contribution in [0.25, 0.3) is 5.69 Å². The summed E-state index contributed by atoms with van der Waals surface area (Å²) < 4.78 is 0. The summed E-state index contributed by atoms with van der Waals surface area (Å²) >= 11 is 0. The number of carbonyl (C=O) groups is 1. The Morgan fingerprint density at radius 3 is 2.94 bits per heavy atom. The molecule has 1 unspecified atom stereocenters. The maximum absolute atomic E-state index is 13.7. The lowest BCUT2D eigenvalue weighted by Gasteiger charge is -2.26. The first-order chi connectivity index (χ1) is 16.7. The average Bonchev–Trinajstić information content (AvgIpc) is 3.10. The summed E-state index contributed by atoms with van der Waals surface area (Å²) in [5, 5.41) is 11.9. The van der Waals surface area contributed by atoms with E-state index in [1.165, 1.54) is 16.6 Å². The summed E-state index contributed by atoms with van der Waals surface area (Å²) in [6.07, 6.45) is 19.6. The number of aryl methyl sites for hydroxylation is 1. The molecule has 1 aliphatic heterocycles. The normalized spacial score (nSPS) is 19.2. The van der Waals surface area contributed by atoms with Crippen LogP contribution in [-0.4, -0.2) is 57.6 Å². The van der Waals surface area contributed by atoms with E-state index in [0.29, 0.717) is 23.6 Å². The average molecular weight is 458 g/mol. The molecular weight excluding hydrogens is 426 g/mol. The third-order valence-electron chi connectivity index (χ3n) is 5.89. The first kappa shape index (κ1) is 23.4. The summed E-state index contributed by atoms with van der Waals surface area (Å²) in [4.78, 5) is 21.9. The number of Topliss-reactive ketones (excluding diaryl/α,β-unsaturated/α-hetero) is 1. The number of benzene rings is 1. The van der Waals surface area contributed by atoms with E-state index in [2.05, 4.69) is 43.6 Å². The molecule has 8 nitrogen and oxygen atoms in total. The molecule has 1 saturated heterocycles. The maximum Gasteiger partial charge on any atom is 0.183 e. The minimum Gasteiger partial charge on any atom is -0.402 e. The van der Waals surface area contributed by atoms with E-state index in [-0.39, 0.29) is 5.78 Å². The molecule has 1 atom stereocenters. The summed E-state index contributed by atoms with van der Waals surface area (Å²) in [6, 6.07) is 5.35. The first-order valence-corrected chi connectivity index (χ1v) is 11.6. The molecule has 0 bridgehead atoms. The lowest BCUT2D eigenvalue weighted by atomic mass is 10.00. The van der Waals surface area contributed by atoms with Gasteiger partial charge in [0.2, 0.25) is 0 Å². The Kier molecular flexibility index (Phi) is 7.83. The SMILES string of the molecule is Cc1ccc(-n2nccn2)c(C(=O)C2CN(C(=C/N)/N=C/CC3=CC=CC=CC3)CCCN2)c1. The quantitative estimate of drug-likeness (QED) is 0.489. The molecule has 2 aliphatic rings. The van der Waals surface area contributed by atoms with Crippen LogP contribution in [0.2, 0.25) is 0 Å². The number of carbonyl (C=O) groups excluding carboxylic acids is 1. The molecule has 34 heavy (non-hydrogen) atoms. The maximum atomic E-state index is 13.7. The van der Waals surface area contributed by atoms with Gasteiger partial charge < -0.3 is 16.0 Å². The lowest BCUT2D eigenvalue weighted by molar-refractivity contribution is 0.0931. The van der Waals surface area contributed by atoms with E-state index in [1.807, 2.05) is 43.5 Å². The van der Waals surface area contributed by atoms with E-state index in [9.17, 15) is 4.79 Å². The molecule has 2 aromatic rings. The minimum absolute atomic E-state index is 0.00503. The molecular formula is C26H31N7O. The smallest absolute Gasteiger partial charge is 0.183 e. The van der Waals surface area contributed by atoms with Gasteiger partial charge in [-0.15, -0.1) is 0 Å². The number of ketones is 1. The van der Waals surface area contributed by atoms with Crippen molar-refractivity contribution in [2.24, 2.45) is 10.7 Å². The van der Waals surface area contributed by atoms with Gasteiger partial charge in [0.25, 0.3) is 0 Å². The van der Waals surface area contributed by atoms with Gasteiger partial charge in [-0.05, 0) is 38.4 Å². The summed E-state index contributed by atoms with van der Waals surface area (Å²) in [6.45, 7) is 3.96. The summed E-state index contributed by atoms with van der Waals surface area (Å²) in [7, 11) is 0. The molecule has 0 amide bonds. The Labute approximate surface area is 200 Å². The van der Waals surface area contributed by atoms with Crippen molar-refractivity contribution in [1.82, 2.24) is 25.2 Å². The highest BCUT2D eigenvalue weighted by Gasteiger charge is 2.28. The van der Waals surface area contributed by atoms with E-state index >= 15 is 0 Å². The number of aliphatic imine (C=N–C) groups is 1. The molecule has 0 spiro atoms. The molecule has 2 heterocycles. The number of nitrogens with one attached hydrogen (secondary N) is 1. The zero-order chi connectivity index (χ0) is 23.8. The number of allylic oxidation sites excluding steroid dienone is 6. The Morgan fingerprint density at radius 1 is 1.26 bits per heavy atom. The molecule has 4 rings (SSSR count). The van der Waals surface area contributed by atoms with Gasteiger partial charge in [0.05, 0.1) is 24.1 Å². The number of aromatic nitrogens is 3. The van der Waals surface area contributed by atoms with Crippen molar-refractivity contribution in [3.63, 3.8) is 0 Å². The van der Waals surface area contributed by atoms with E-state index < -0.39 is 6.04 Å². The Hall–Kier alpha value is -3.78. The number of hydrogen-bond acceptors (Lipinski definition) is 7. The van der Waals surface area contributed by atoms with Crippen LogP contribution in [0.5, 0.6) is 0 Å². The molecule has 1 aromatic carbocycles. The van der Waals surface area contributed by atoms with Crippen LogP contribution in [0.1, 0.15) is 35.2 Å². The van der Waals surface area contributed by atoms with Crippen molar-refractivity contribution < 1.29 is 4.79 Å². The second kappa shape index (κ2) is 11.4. The molecule has 1 aromatic heterocycles.